The molecule has 1 aliphatic heterocycles. The van der Waals surface area contributed by atoms with Crippen LogP contribution in [-0.2, 0) is 16.0 Å². The fourth-order valence-corrected chi connectivity index (χ4v) is 4.39. The van der Waals surface area contributed by atoms with E-state index in [0.29, 0.717) is 15.6 Å². The van der Waals surface area contributed by atoms with Crippen molar-refractivity contribution in [2.45, 2.75) is 18.2 Å². The van der Waals surface area contributed by atoms with Gasteiger partial charge < -0.3 is 5.32 Å². The van der Waals surface area contributed by atoms with Gasteiger partial charge in [-0.05, 0) is 48.4 Å². The predicted molar refractivity (Wildman–Crippen MR) is 123 cm³/mol. The first kappa shape index (κ1) is 20.3. The number of para-hydroxylation sites is 1. The highest BCUT2D eigenvalue weighted by Crippen LogP contribution is 2.38. The van der Waals surface area contributed by atoms with E-state index in [1.165, 1.54) is 16.7 Å². The Bertz CT molecular complexity index is 1140. The zero-order valence-corrected chi connectivity index (χ0v) is 17.8. The van der Waals surface area contributed by atoms with Crippen LogP contribution in [0.2, 0.25) is 5.02 Å². The SMILES string of the molecule is CCc1ccccc1NC1=C(Sc2ccccc2)C(=O)N(c2cccc(Cl)c2)C1=O. The maximum absolute atomic E-state index is 13.4. The first-order valence-corrected chi connectivity index (χ1v) is 10.7. The van der Waals surface area contributed by atoms with Crippen molar-refractivity contribution in [3.63, 3.8) is 0 Å². The minimum absolute atomic E-state index is 0.273. The van der Waals surface area contributed by atoms with E-state index in [9.17, 15) is 9.59 Å². The lowest BCUT2D eigenvalue weighted by Crippen LogP contribution is -2.32. The monoisotopic (exact) mass is 434 g/mol. The van der Waals surface area contributed by atoms with Gasteiger partial charge >= 0.3 is 0 Å². The summed E-state index contributed by atoms with van der Waals surface area (Å²) in [5, 5.41) is 3.70. The molecule has 0 saturated heterocycles. The van der Waals surface area contributed by atoms with Gasteiger partial charge in [-0.25, -0.2) is 4.90 Å². The number of carbonyl (C=O) groups is 2. The summed E-state index contributed by atoms with van der Waals surface area (Å²) in [5.74, 6) is -0.765. The molecule has 30 heavy (non-hydrogen) atoms. The number of benzene rings is 3. The van der Waals surface area contributed by atoms with Crippen LogP contribution < -0.4 is 10.2 Å². The fraction of sp³-hybridized carbons (Fsp3) is 0.0833. The smallest absolute Gasteiger partial charge is 0.283 e. The molecule has 2 amide bonds. The van der Waals surface area contributed by atoms with E-state index in [-0.39, 0.29) is 11.6 Å². The minimum atomic E-state index is -0.397. The van der Waals surface area contributed by atoms with Crippen LogP contribution in [-0.4, -0.2) is 11.8 Å². The highest BCUT2D eigenvalue weighted by molar-refractivity contribution is 8.04. The molecule has 0 atom stereocenters. The lowest BCUT2D eigenvalue weighted by molar-refractivity contribution is -0.120. The van der Waals surface area contributed by atoms with Crippen LogP contribution in [0.1, 0.15) is 12.5 Å². The Morgan fingerprint density at radius 2 is 1.63 bits per heavy atom. The van der Waals surface area contributed by atoms with E-state index in [1.807, 2.05) is 54.6 Å². The van der Waals surface area contributed by atoms with Gasteiger partial charge in [0.05, 0.1) is 5.69 Å². The maximum Gasteiger partial charge on any atom is 0.283 e. The summed E-state index contributed by atoms with van der Waals surface area (Å²) in [7, 11) is 0. The Morgan fingerprint density at radius 1 is 0.900 bits per heavy atom. The molecule has 0 fully saturated rings. The van der Waals surface area contributed by atoms with Crippen molar-refractivity contribution >= 4 is 46.6 Å². The van der Waals surface area contributed by atoms with Crippen molar-refractivity contribution in [2.24, 2.45) is 0 Å². The Labute approximate surface area is 184 Å². The van der Waals surface area contributed by atoms with E-state index >= 15 is 0 Å². The summed E-state index contributed by atoms with van der Waals surface area (Å²) in [5.41, 5.74) is 2.60. The number of nitrogens with zero attached hydrogens (tertiary/aromatic N) is 1. The number of rotatable bonds is 6. The van der Waals surface area contributed by atoms with E-state index in [1.54, 1.807) is 24.3 Å². The van der Waals surface area contributed by atoms with Gasteiger partial charge in [-0.1, -0.05) is 72.8 Å². The van der Waals surface area contributed by atoms with E-state index in [4.69, 9.17) is 11.6 Å². The first-order chi connectivity index (χ1) is 14.6. The van der Waals surface area contributed by atoms with Crippen LogP contribution in [0, 0.1) is 0 Å². The molecular weight excluding hydrogens is 416 g/mol. The quantitative estimate of drug-likeness (QED) is 0.491. The largest absolute Gasteiger partial charge is 0.350 e. The average molecular weight is 435 g/mol. The number of thioether (sulfide) groups is 1. The first-order valence-electron chi connectivity index (χ1n) is 9.55. The molecule has 0 radical (unpaired) electrons. The van der Waals surface area contributed by atoms with Crippen LogP contribution in [0.5, 0.6) is 0 Å². The molecule has 3 aromatic carbocycles. The molecule has 0 aliphatic carbocycles. The zero-order valence-electron chi connectivity index (χ0n) is 16.3. The second-order valence-electron chi connectivity index (χ2n) is 6.68. The number of aryl methyl sites for hydroxylation is 1. The van der Waals surface area contributed by atoms with Crippen molar-refractivity contribution in [3.8, 4) is 0 Å². The molecule has 0 saturated carbocycles. The minimum Gasteiger partial charge on any atom is -0.350 e. The topological polar surface area (TPSA) is 49.4 Å². The predicted octanol–water partition coefficient (Wildman–Crippen LogP) is 5.89. The number of hydrogen-bond acceptors (Lipinski definition) is 4. The lowest BCUT2D eigenvalue weighted by Gasteiger charge is -2.16. The number of carbonyl (C=O) groups excluding carboxylic acids is 2. The van der Waals surface area contributed by atoms with Crippen LogP contribution in [0.4, 0.5) is 11.4 Å². The summed E-state index contributed by atoms with van der Waals surface area (Å²) < 4.78 is 0. The molecule has 0 spiro atoms. The summed E-state index contributed by atoms with van der Waals surface area (Å²) in [6.45, 7) is 2.05. The summed E-state index contributed by atoms with van der Waals surface area (Å²) in [6.07, 6.45) is 0.803. The summed E-state index contributed by atoms with van der Waals surface area (Å²) in [4.78, 5) is 29.1. The summed E-state index contributed by atoms with van der Waals surface area (Å²) in [6, 6.07) is 24.1. The van der Waals surface area contributed by atoms with Gasteiger partial charge in [-0.15, -0.1) is 0 Å². The Balaban J connectivity index is 1.77. The van der Waals surface area contributed by atoms with Gasteiger partial charge in [0.2, 0.25) is 0 Å². The number of halogens is 1. The highest BCUT2D eigenvalue weighted by Gasteiger charge is 2.40. The molecule has 6 heteroatoms. The molecule has 0 unspecified atom stereocenters. The number of anilines is 2. The van der Waals surface area contributed by atoms with Gasteiger partial charge in [0.15, 0.2) is 0 Å². The fourth-order valence-electron chi connectivity index (χ4n) is 3.26. The molecule has 0 aromatic heterocycles. The highest BCUT2D eigenvalue weighted by atomic mass is 35.5. The number of hydrogen-bond donors (Lipinski definition) is 1. The third-order valence-electron chi connectivity index (χ3n) is 4.73. The van der Waals surface area contributed by atoms with E-state index in [0.717, 1.165) is 22.6 Å². The van der Waals surface area contributed by atoms with Crippen molar-refractivity contribution in [3.05, 3.63) is 100 Å². The second-order valence-corrected chi connectivity index (χ2v) is 8.20. The molecule has 4 nitrogen and oxygen atoms in total. The third kappa shape index (κ3) is 3.99. The third-order valence-corrected chi connectivity index (χ3v) is 6.05. The number of imide groups is 1. The van der Waals surface area contributed by atoms with E-state index < -0.39 is 5.91 Å². The van der Waals surface area contributed by atoms with Gasteiger partial charge in [-0.2, -0.15) is 0 Å². The van der Waals surface area contributed by atoms with Gasteiger partial charge in [-0.3, -0.25) is 9.59 Å². The Hall–Kier alpha value is -3.02. The molecular formula is C24H19ClN2O2S. The van der Waals surface area contributed by atoms with Crippen LogP contribution in [0.25, 0.3) is 0 Å². The Morgan fingerprint density at radius 3 is 2.37 bits per heavy atom. The molecule has 1 heterocycles. The van der Waals surface area contributed by atoms with Gasteiger partial charge in [0, 0.05) is 15.6 Å². The molecule has 150 valence electrons. The number of nitrogens with one attached hydrogen (secondary N) is 1. The van der Waals surface area contributed by atoms with Gasteiger partial charge in [0.25, 0.3) is 11.8 Å². The number of amides is 2. The van der Waals surface area contributed by atoms with Crippen molar-refractivity contribution < 1.29 is 9.59 Å². The van der Waals surface area contributed by atoms with Crippen molar-refractivity contribution in [1.82, 2.24) is 0 Å². The molecule has 3 aromatic rings. The normalized spacial score (nSPS) is 13.9. The second kappa shape index (κ2) is 8.78. The molecule has 1 N–H and O–H groups in total. The van der Waals surface area contributed by atoms with Crippen molar-refractivity contribution in [2.75, 3.05) is 10.2 Å². The van der Waals surface area contributed by atoms with Crippen LogP contribution in [0.3, 0.4) is 0 Å². The Kier molecular flexibility index (Phi) is 5.93. The van der Waals surface area contributed by atoms with Gasteiger partial charge in [0.1, 0.15) is 10.6 Å². The maximum atomic E-state index is 13.4. The lowest BCUT2D eigenvalue weighted by atomic mass is 10.1. The van der Waals surface area contributed by atoms with Crippen LogP contribution in [0.15, 0.2) is 94.4 Å². The van der Waals surface area contributed by atoms with Crippen molar-refractivity contribution in [1.29, 1.82) is 0 Å². The molecule has 0 bridgehead atoms. The average Bonchev–Trinajstić information content (AvgIpc) is 2.99. The molecule has 4 rings (SSSR count). The zero-order chi connectivity index (χ0) is 21.1. The standard InChI is InChI=1S/C24H19ClN2O2S/c1-2-16-9-6-7-14-20(16)26-21-22(30-19-12-4-3-5-13-19)24(29)27(23(21)28)18-11-8-10-17(25)15-18/h3-15,26H,2H2,1H3. The van der Waals surface area contributed by atoms with Crippen LogP contribution >= 0.6 is 23.4 Å². The summed E-state index contributed by atoms with van der Waals surface area (Å²) >= 11 is 7.39. The van der Waals surface area contributed by atoms with E-state index in [2.05, 4.69) is 12.2 Å². The molecule has 1 aliphatic rings.